The Labute approximate surface area is 106 Å². The van der Waals surface area contributed by atoms with Crippen molar-refractivity contribution in [1.29, 1.82) is 0 Å². The van der Waals surface area contributed by atoms with Crippen molar-refractivity contribution in [2.45, 2.75) is 19.4 Å². The van der Waals surface area contributed by atoms with E-state index in [-0.39, 0.29) is 10.8 Å². The zero-order valence-corrected chi connectivity index (χ0v) is 10.5. The molecule has 2 nitrogen and oxygen atoms in total. The number of benzene rings is 1. The van der Waals surface area contributed by atoms with Crippen molar-refractivity contribution in [2.75, 3.05) is 19.8 Å². The molecule has 1 heterocycles. The van der Waals surface area contributed by atoms with Crippen molar-refractivity contribution in [3.63, 3.8) is 0 Å². The Hall–Kier alpha value is -0.640. The zero-order valence-electron chi connectivity index (χ0n) is 9.72. The maximum absolute atomic E-state index is 13.5. The van der Waals surface area contributed by atoms with Crippen molar-refractivity contribution >= 4 is 11.6 Å². The van der Waals surface area contributed by atoms with E-state index in [1.165, 1.54) is 0 Å². The van der Waals surface area contributed by atoms with Gasteiger partial charge < -0.3 is 10.1 Å². The van der Waals surface area contributed by atoms with Gasteiger partial charge in [-0.2, -0.15) is 0 Å². The van der Waals surface area contributed by atoms with Crippen LogP contribution in [0.25, 0.3) is 0 Å². The molecule has 0 spiro atoms. The second kappa shape index (κ2) is 6.34. The van der Waals surface area contributed by atoms with E-state index in [0.717, 1.165) is 32.6 Å². The number of hydrogen-bond acceptors (Lipinski definition) is 2. The molecular formula is C13H17ClFNO. The predicted octanol–water partition coefficient (Wildman–Crippen LogP) is 3.00. The second-order valence-electron chi connectivity index (χ2n) is 4.41. The number of rotatable bonds is 5. The number of halogens is 2. The first kappa shape index (κ1) is 12.8. The van der Waals surface area contributed by atoms with E-state index < -0.39 is 0 Å². The van der Waals surface area contributed by atoms with Gasteiger partial charge >= 0.3 is 0 Å². The first-order valence-corrected chi connectivity index (χ1v) is 6.36. The summed E-state index contributed by atoms with van der Waals surface area (Å²) in [6.07, 6.45) is 2.23. The second-order valence-corrected chi connectivity index (χ2v) is 4.82. The smallest absolute Gasteiger partial charge is 0.146 e. The molecule has 1 aliphatic heterocycles. The van der Waals surface area contributed by atoms with Crippen molar-refractivity contribution in [3.05, 3.63) is 34.6 Å². The lowest BCUT2D eigenvalue weighted by Crippen LogP contribution is -2.18. The van der Waals surface area contributed by atoms with Crippen LogP contribution in [0.3, 0.4) is 0 Å². The van der Waals surface area contributed by atoms with Crippen molar-refractivity contribution in [3.8, 4) is 0 Å². The predicted molar refractivity (Wildman–Crippen MR) is 66.7 cm³/mol. The molecule has 1 fully saturated rings. The molecule has 1 aromatic carbocycles. The maximum atomic E-state index is 13.5. The highest BCUT2D eigenvalue weighted by Gasteiger charge is 2.14. The molecule has 0 aromatic heterocycles. The molecular weight excluding hydrogens is 241 g/mol. The summed E-state index contributed by atoms with van der Waals surface area (Å²) in [5, 5.41) is 3.43. The van der Waals surface area contributed by atoms with E-state index in [1.54, 1.807) is 18.2 Å². The maximum Gasteiger partial charge on any atom is 0.146 e. The molecule has 2 rings (SSSR count). The third kappa shape index (κ3) is 3.66. The molecule has 94 valence electrons. The summed E-state index contributed by atoms with van der Waals surface area (Å²) >= 11 is 5.71. The molecule has 1 aromatic rings. The topological polar surface area (TPSA) is 21.3 Å². The van der Waals surface area contributed by atoms with Crippen LogP contribution in [0.1, 0.15) is 18.4 Å². The molecule has 0 radical (unpaired) electrons. The van der Waals surface area contributed by atoms with Crippen LogP contribution in [-0.2, 0) is 11.3 Å². The SMILES string of the molecule is Fc1c(Cl)cccc1CNCCC1CCOC1. The van der Waals surface area contributed by atoms with Gasteiger partial charge in [0.1, 0.15) is 5.82 Å². The average molecular weight is 258 g/mol. The highest BCUT2D eigenvalue weighted by molar-refractivity contribution is 6.30. The molecule has 1 N–H and O–H groups in total. The van der Waals surface area contributed by atoms with E-state index in [1.807, 2.05) is 0 Å². The fourth-order valence-corrected chi connectivity index (χ4v) is 2.22. The lowest BCUT2D eigenvalue weighted by Gasteiger charge is -2.09. The van der Waals surface area contributed by atoms with Gasteiger partial charge in [0.25, 0.3) is 0 Å². The van der Waals surface area contributed by atoms with Crippen LogP contribution in [0.15, 0.2) is 18.2 Å². The fourth-order valence-electron chi connectivity index (χ4n) is 2.03. The number of nitrogens with one attached hydrogen (secondary N) is 1. The van der Waals surface area contributed by atoms with E-state index in [2.05, 4.69) is 5.32 Å². The van der Waals surface area contributed by atoms with Gasteiger partial charge in [0, 0.05) is 25.3 Å². The third-order valence-corrected chi connectivity index (χ3v) is 3.39. The number of hydrogen-bond donors (Lipinski definition) is 1. The summed E-state index contributed by atoms with van der Waals surface area (Å²) in [6, 6.07) is 5.09. The summed E-state index contributed by atoms with van der Waals surface area (Å²) in [4.78, 5) is 0. The van der Waals surface area contributed by atoms with Crippen LogP contribution in [0.4, 0.5) is 4.39 Å². The normalized spacial score (nSPS) is 19.8. The summed E-state index contributed by atoms with van der Waals surface area (Å²) in [7, 11) is 0. The molecule has 1 aliphatic rings. The Morgan fingerprint density at radius 2 is 2.35 bits per heavy atom. The summed E-state index contributed by atoms with van der Waals surface area (Å²) in [5.41, 5.74) is 0.625. The monoisotopic (exact) mass is 257 g/mol. The Kier molecular flexibility index (Phi) is 4.77. The fraction of sp³-hybridized carbons (Fsp3) is 0.538. The minimum absolute atomic E-state index is 0.188. The van der Waals surface area contributed by atoms with E-state index in [4.69, 9.17) is 16.3 Å². The molecule has 17 heavy (non-hydrogen) atoms. The highest BCUT2D eigenvalue weighted by atomic mass is 35.5. The first-order chi connectivity index (χ1) is 8.27. The van der Waals surface area contributed by atoms with Gasteiger partial charge in [0.05, 0.1) is 5.02 Å². The van der Waals surface area contributed by atoms with Crippen LogP contribution in [0.2, 0.25) is 5.02 Å². The highest BCUT2D eigenvalue weighted by Crippen LogP contribution is 2.18. The Morgan fingerprint density at radius 1 is 1.47 bits per heavy atom. The Balaban J connectivity index is 1.72. The minimum Gasteiger partial charge on any atom is -0.381 e. The molecule has 4 heteroatoms. The van der Waals surface area contributed by atoms with Crippen molar-refractivity contribution in [2.24, 2.45) is 5.92 Å². The van der Waals surface area contributed by atoms with Crippen LogP contribution < -0.4 is 5.32 Å². The van der Waals surface area contributed by atoms with Crippen molar-refractivity contribution < 1.29 is 9.13 Å². The van der Waals surface area contributed by atoms with Gasteiger partial charge in [-0.3, -0.25) is 0 Å². The molecule has 1 saturated heterocycles. The Morgan fingerprint density at radius 3 is 3.12 bits per heavy atom. The number of ether oxygens (including phenoxy) is 1. The zero-order chi connectivity index (χ0) is 12.1. The standard InChI is InChI=1S/C13H17ClFNO/c14-12-3-1-2-11(13(12)15)8-16-6-4-10-5-7-17-9-10/h1-3,10,16H,4-9H2. The van der Waals surface area contributed by atoms with Crippen LogP contribution in [0, 0.1) is 11.7 Å². The van der Waals surface area contributed by atoms with Gasteiger partial charge in [0.2, 0.25) is 0 Å². The quantitative estimate of drug-likeness (QED) is 0.819. The van der Waals surface area contributed by atoms with Gasteiger partial charge in [-0.15, -0.1) is 0 Å². The van der Waals surface area contributed by atoms with Gasteiger partial charge in [-0.25, -0.2) is 4.39 Å². The van der Waals surface area contributed by atoms with Crippen LogP contribution in [-0.4, -0.2) is 19.8 Å². The lowest BCUT2D eigenvalue weighted by atomic mass is 10.1. The summed E-state index contributed by atoms with van der Waals surface area (Å²) in [6.45, 7) is 3.17. The molecule has 1 unspecified atom stereocenters. The summed E-state index contributed by atoms with van der Waals surface area (Å²) in [5.74, 6) is 0.345. The average Bonchev–Trinajstić information content (AvgIpc) is 2.83. The first-order valence-electron chi connectivity index (χ1n) is 5.98. The minimum atomic E-state index is -0.314. The van der Waals surface area contributed by atoms with Crippen molar-refractivity contribution in [1.82, 2.24) is 5.32 Å². The molecule has 0 bridgehead atoms. The Bertz CT molecular complexity index is 366. The van der Waals surface area contributed by atoms with Crippen LogP contribution >= 0.6 is 11.6 Å². The van der Waals surface area contributed by atoms with Gasteiger partial charge in [-0.05, 0) is 31.4 Å². The molecule has 0 aliphatic carbocycles. The molecule has 0 amide bonds. The largest absolute Gasteiger partial charge is 0.381 e. The van der Waals surface area contributed by atoms with Gasteiger partial charge in [-0.1, -0.05) is 23.7 Å². The third-order valence-electron chi connectivity index (χ3n) is 3.10. The lowest BCUT2D eigenvalue weighted by molar-refractivity contribution is 0.184. The van der Waals surface area contributed by atoms with E-state index in [9.17, 15) is 4.39 Å². The van der Waals surface area contributed by atoms with Crippen LogP contribution in [0.5, 0.6) is 0 Å². The van der Waals surface area contributed by atoms with Gasteiger partial charge in [0.15, 0.2) is 0 Å². The molecule has 1 atom stereocenters. The van der Waals surface area contributed by atoms with E-state index in [0.29, 0.717) is 18.0 Å². The van der Waals surface area contributed by atoms with E-state index >= 15 is 0 Å². The molecule has 0 saturated carbocycles. The summed E-state index contributed by atoms with van der Waals surface area (Å²) < 4.78 is 18.8.